The number of hydrogen-bond acceptors (Lipinski definition) is 2. The average molecular weight is 280 g/mol. The zero-order chi connectivity index (χ0) is 14.5. The molecule has 0 saturated heterocycles. The summed E-state index contributed by atoms with van der Waals surface area (Å²) in [5.41, 5.74) is 1.02. The summed E-state index contributed by atoms with van der Waals surface area (Å²) in [6, 6.07) is 6.07. The van der Waals surface area contributed by atoms with E-state index in [-0.39, 0.29) is 30.2 Å². The number of nitrogens with one attached hydrogen (secondary N) is 2. The molecule has 20 heavy (non-hydrogen) atoms. The molecule has 0 bridgehead atoms. The van der Waals surface area contributed by atoms with Gasteiger partial charge in [-0.05, 0) is 30.5 Å². The molecule has 1 fully saturated rings. The first-order chi connectivity index (χ1) is 9.56. The number of aliphatic carboxylic acids is 1. The summed E-state index contributed by atoms with van der Waals surface area (Å²) >= 11 is 0. The Morgan fingerprint density at radius 1 is 1.30 bits per heavy atom. The maximum absolute atomic E-state index is 12.8. The molecular weight excluding hydrogens is 263 g/mol. The average Bonchev–Trinajstić information content (AvgIpc) is 3.14. The van der Waals surface area contributed by atoms with Crippen LogP contribution in [-0.4, -0.2) is 29.7 Å². The number of hydrogen-bond donors (Lipinski definition) is 3. The molecule has 5 nitrogen and oxygen atoms in total. The molecule has 2 rings (SSSR count). The fraction of sp³-hybridized carbons (Fsp3) is 0.429. The Balaban J connectivity index is 1.67. The molecule has 1 aliphatic rings. The standard InChI is InChI=1S/C14H17FN2O3/c15-10-5-3-9(4-6-10)11-8-12(11)17-14(20)16-7-1-2-13(18)19/h3-6,11-12H,1-2,7-8H2,(H,18,19)(H2,16,17,20)/t11-,12+/m0/s1. The van der Waals surface area contributed by atoms with E-state index in [9.17, 15) is 14.0 Å². The second-order valence-corrected chi connectivity index (χ2v) is 4.90. The quantitative estimate of drug-likeness (QED) is 0.696. The molecule has 2 atom stereocenters. The van der Waals surface area contributed by atoms with E-state index in [1.54, 1.807) is 12.1 Å². The number of carbonyl (C=O) groups is 2. The first-order valence-corrected chi connectivity index (χ1v) is 6.58. The number of benzene rings is 1. The Labute approximate surface area is 116 Å². The molecule has 0 aromatic heterocycles. The normalized spacial score (nSPS) is 20.2. The third kappa shape index (κ3) is 4.22. The fourth-order valence-corrected chi connectivity index (χ4v) is 2.09. The minimum absolute atomic E-state index is 0.0436. The Bertz CT molecular complexity index is 490. The second kappa shape index (κ2) is 6.36. The van der Waals surface area contributed by atoms with E-state index in [1.165, 1.54) is 12.1 Å². The SMILES string of the molecule is O=C(O)CCCNC(=O)N[C@@H]1C[C@H]1c1ccc(F)cc1. The highest BCUT2D eigenvalue weighted by molar-refractivity contribution is 5.75. The maximum Gasteiger partial charge on any atom is 0.315 e. The van der Waals surface area contributed by atoms with E-state index >= 15 is 0 Å². The van der Waals surface area contributed by atoms with Crippen molar-refractivity contribution in [3.8, 4) is 0 Å². The van der Waals surface area contributed by atoms with Gasteiger partial charge in [0, 0.05) is 24.9 Å². The van der Waals surface area contributed by atoms with Gasteiger partial charge in [-0.25, -0.2) is 9.18 Å². The van der Waals surface area contributed by atoms with Crippen LogP contribution < -0.4 is 10.6 Å². The maximum atomic E-state index is 12.8. The molecule has 0 unspecified atom stereocenters. The Morgan fingerprint density at radius 2 is 2.00 bits per heavy atom. The number of carboxylic acid groups (broad SMARTS) is 1. The van der Waals surface area contributed by atoms with Gasteiger partial charge in [-0.1, -0.05) is 12.1 Å². The molecule has 2 amide bonds. The first-order valence-electron chi connectivity index (χ1n) is 6.58. The lowest BCUT2D eigenvalue weighted by Crippen LogP contribution is -2.37. The summed E-state index contributed by atoms with van der Waals surface area (Å²) in [6.07, 6.45) is 1.30. The van der Waals surface area contributed by atoms with Gasteiger partial charge in [0.2, 0.25) is 0 Å². The lowest BCUT2D eigenvalue weighted by atomic mass is 10.1. The van der Waals surface area contributed by atoms with Crippen molar-refractivity contribution in [2.45, 2.75) is 31.2 Å². The molecular formula is C14H17FN2O3. The highest BCUT2D eigenvalue weighted by Gasteiger charge is 2.39. The Hall–Kier alpha value is -2.11. The number of carboxylic acids is 1. The highest BCUT2D eigenvalue weighted by Crippen LogP contribution is 2.40. The van der Waals surface area contributed by atoms with Gasteiger partial charge in [0.1, 0.15) is 5.82 Å². The van der Waals surface area contributed by atoms with Gasteiger partial charge in [-0.2, -0.15) is 0 Å². The second-order valence-electron chi connectivity index (χ2n) is 4.90. The molecule has 1 aliphatic carbocycles. The van der Waals surface area contributed by atoms with Crippen LogP contribution in [0.2, 0.25) is 0 Å². The van der Waals surface area contributed by atoms with Gasteiger partial charge in [0.15, 0.2) is 0 Å². The molecule has 1 saturated carbocycles. The largest absolute Gasteiger partial charge is 0.481 e. The van der Waals surface area contributed by atoms with Crippen LogP contribution in [0.4, 0.5) is 9.18 Å². The van der Waals surface area contributed by atoms with Crippen molar-refractivity contribution in [3.05, 3.63) is 35.6 Å². The summed E-state index contributed by atoms with van der Waals surface area (Å²) in [5, 5.41) is 13.9. The van der Waals surface area contributed by atoms with Crippen molar-refractivity contribution in [2.24, 2.45) is 0 Å². The zero-order valence-corrected chi connectivity index (χ0v) is 10.9. The number of carbonyl (C=O) groups excluding carboxylic acids is 1. The summed E-state index contributed by atoms with van der Waals surface area (Å²) in [7, 11) is 0. The van der Waals surface area contributed by atoms with Crippen molar-refractivity contribution in [1.29, 1.82) is 0 Å². The van der Waals surface area contributed by atoms with Gasteiger partial charge in [0.05, 0.1) is 0 Å². The van der Waals surface area contributed by atoms with Crippen LogP contribution in [0.25, 0.3) is 0 Å². The van der Waals surface area contributed by atoms with Crippen molar-refractivity contribution in [3.63, 3.8) is 0 Å². The molecule has 1 aromatic rings. The number of amides is 2. The van der Waals surface area contributed by atoms with Gasteiger partial charge >= 0.3 is 12.0 Å². The van der Waals surface area contributed by atoms with E-state index in [4.69, 9.17) is 5.11 Å². The van der Waals surface area contributed by atoms with Gasteiger partial charge in [-0.15, -0.1) is 0 Å². The van der Waals surface area contributed by atoms with Crippen LogP contribution >= 0.6 is 0 Å². The molecule has 1 aromatic carbocycles. The third-order valence-corrected chi connectivity index (χ3v) is 3.26. The molecule has 0 spiro atoms. The minimum Gasteiger partial charge on any atom is -0.481 e. The summed E-state index contributed by atoms with van der Waals surface area (Å²) in [5.74, 6) is -0.902. The molecule has 108 valence electrons. The predicted octanol–water partition coefficient (Wildman–Crippen LogP) is 1.85. The van der Waals surface area contributed by atoms with Crippen LogP contribution in [0, 0.1) is 5.82 Å². The van der Waals surface area contributed by atoms with E-state index in [0.717, 1.165) is 12.0 Å². The van der Waals surface area contributed by atoms with Crippen molar-refractivity contribution in [2.75, 3.05) is 6.54 Å². The van der Waals surface area contributed by atoms with E-state index in [1.807, 2.05) is 0 Å². The number of urea groups is 1. The smallest absolute Gasteiger partial charge is 0.315 e. The molecule has 0 aliphatic heterocycles. The lowest BCUT2D eigenvalue weighted by molar-refractivity contribution is -0.137. The van der Waals surface area contributed by atoms with Crippen LogP contribution in [0.1, 0.15) is 30.7 Å². The number of halogens is 1. The van der Waals surface area contributed by atoms with Crippen LogP contribution in [-0.2, 0) is 4.79 Å². The number of rotatable bonds is 6. The van der Waals surface area contributed by atoms with Gasteiger partial charge in [-0.3, -0.25) is 4.79 Å². The van der Waals surface area contributed by atoms with E-state index in [2.05, 4.69) is 10.6 Å². The van der Waals surface area contributed by atoms with Crippen molar-refractivity contribution >= 4 is 12.0 Å². The summed E-state index contributed by atoms with van der Waals surface area (Å²) in [4.78, 5) is 21.8. The van der Waals surface area contributed by atoms with E-state index < -0.39 is 5.97 Å². The molecule has 0 radical (unpaired) electrons. The van der Waals surface area contributed by atoms with Crippen molar-refractivity contribution in [1.82, 2.24) is 10.6 Å². The summed E-state index contributed by atoms with van der Waals surface area (Å²) < 4.78 is 12.8. The van der Waals surface area contributed by atoms with Crippen LogP contribution in [0.3, 0.4) is 0 Å². The van der Waals surface area contributed by atoms with Crippen LogP contribution in [0.5, 0.6) is 0 Å². The topological polar surface area (TPSA) is 78.4 Å². The third-order valence-electron chi connectivity index (χ3n) is 3.26. The Morgan fingerprint density at radius 3 is 2.65 bits per heavy atom. The highest BCUT2D eigenvalue weighted by atomic mass is 19.1. The molecule has 3 N–H and O–H groups in total. The molecule has 0 heterocycles. The van der Waals surface area contributed by atoms with Gasteiger partial charge < -0.3 is 15.7 Å². The van der Waals surface area contributed by atoms with Crippen molar-refractivity contribution < 1.29 is 19.1 Å². The predicted molar refractivity (Wildman–Crippen MR) is 71.0 cm³/mol. The fourth-order valence-electron chi connectivity index (χ4n) is 2.09. The minimum atomic E-state index is -0.870. The summed E-state index contributed by atoms with van der Waals surface area (Å²) in [6.45, 7) is 0.339. The molecule has 6 heteroatoms. The van der Waals surface area contributed by atoms with Gasteiger partial charge in [0.25, 0.3) is 0 Å². The monoisotopic (exact) mass is 280 g/mol. The Kier molecular flexibility index (Phi) is 4.55. The van der Waals surface area contributed by atoms with E-state index in [0.29, 0.717) is 13.0 Å². The zero-order valence-electron chi connectivity index (χ0n) is 10.9. The van der Waals surface area contributed by atoms with Crippen LogP contribution in [0.15, 0.2) is 24.3 Å². The lowest BCUT2D eigenvalue weighted by Gasteiger charge is -2.06. The first kappa shape index (κ1) is 14.3.